The highest BCUT2D eigenvalue weighted by Gasteiger charge is 2.19. The van der Waals surface area contributed by atoms with E-state index >= 15 is 0 Å². The van der Waals surface area contributed by atoms with Crippen molar-refractivity contribution < 1.29 is 9.53 Å². The highest BCUT2D eigenvalue weighted by Crippen LogP contribution is 2.19. The van der Waals surface area contributed by atoms with Crippen molar-refractivity contribution in [3.8, 4) is 17.0 Å². The minimum atomic E-state index is -0.230. The molecular formula is C19H24N4O3. The van der Waals surface area contributed by atoms with Gasteiger partial charge in [0.05, 0.1) is 18.6 Å². The first-order valence-corrected chi connectivity index (χ1v) is 8.83. The molecular weight excluding hydrogens is 332 g/mol. The lowest BCUT2D eigenvalue weighted by atomic mass is 10.1. The van der Waals surface area contributed by atoms with E-state index in [1.165, 1.54) is 17.0 Å². The summed E-state index contributed by atoms with van der Waals surface area (Å²) < 4.78 is 6.78. The summed E-state index contributed by atoms with van der Waals surface area (Å²) in [6.45, 7) is 5.67. The molecule has 26 heavy (non-hydrogen) atoms. The number of rotatable bonds is 5. The van der Waals surface area contributed by atoms with Crippen LogP contribution in [0, 0.1) is 0 Å². The maximum atomic E-state index is 12.4. The number of aromatic nitrogens is 2. The Balaban J connectivity index is 1.69. The molecule has 7 nitrogen and oxygen atoms in total. The van der Waals surface area contributed by atoms with Crippen LogP contribution in [-0.4, -0.2) is 65.1 Å². The molecule has 138 valence electrons. The molecule has 1 aromatic carbocycles. The number of ether oxygens (including phenoxy) is 1. The molecule has 0 aliphatic carbocycles. The molecule has 2 heterocycles. The van der Waals surface area contributed by atoms with Crippen LogP contribution in [0.3, 0.4) is 0 Å². The Kier molecular flexibility index (Phi) is 5.68. The number of carbonyl (C=O) groups is 1. The summed E-state index contributed by atoms with van der Waals surface area (Å²) in [4.78, 5) is 33.1. The van der Waals surface area contributed by atoms with E-state index in [4.69, 9.17) is 4.74 Å². The lowest BCUT2D eigenvalue weighted by Gasteiger charge is -2.32. The number of hydrogen-bond acceptors (Lipinski definition) is 5. The molecule has 0 atom stereocenters. The third kappa shape index (κ3) is 4.29. The number of piperazine rings is 1. The molecule has 1 fully saturated rings. The Morgan fingerprint density at radius 1 is 1.15 bits per heavy atom. The summed E-state index contributed by atoms with van der Waals surface area (Å²) in [5.74, 6) is 0.734. The van der Waals surface area contributed by atoms with E-state index in [1.54, 1.807) is 4.90 Å². The highest BCUT2D eigenvalue weighted by atomic mass is 16.5. The van der Waals surface area contributed by atoms with Gasteiger partial charge in [-0.1, -0.05) is 0 Å². The number of nitrogens with zero attached hydrogens (tertiary/aromatic N) is 4. The number of likely N-dealkylation sites (N-methyl/N-ethyl adjacent to an activating group) is 1. The van der Waals surface area contributed by atoms with Gasteiger partial charge < -0.3 is 14.5 Å². The number of amides is 1. The number of carbonyl (C=O) groups excluding carboxylic acids is 1. The van der Waals surface area contributed by atoms with Gasteiger partial charge in [0.15, 0.2) is 0 Å². The summed E-state index contributed by atoms with van der Waals surface area (Å²) in [7, 11) is 2.04. The third-order valence-electron chi connectivity index (χ3n) is 4.50. The van der Waals surface area contributed by atoms with Gasteiger partial charge in [-0.05, 0) is 38.2 Å². The predicted octanol–water partition coefficient (Wildman–Crippen LogP) is 1.08. The summed E-state index contributed by atoms with van der Waals surface area (Å²) in [6.07, 6.45) is 1.45. The maximum Gasteiger partial charge on any atom is 0.254 e. The molecule has 0 unspecified atom stereocenters. The van der Waals surface area contributed by atoms with Crippen LogP contribution in [0.25, 0.3) is 11.3 Å². The van der Waals surface area contributed by atoms with Crippen molar-refractivity contribution in [2.24, 2.45) is 0 Å². The van der Waals surface area contributed by atoms with Crippen LogP contribution in [0.5, 0.6) is 5.75 Å². The molecule has 7 heteroatoms. The van der Waals surface area contributed by atoms with Crippen molar-refractivity contribution >= 4 is 5.91 Å². The summed E-state index contributed by atoms with van der Waals surface area (Å²) in [5, 5.41) is 0. The lowest BCUT2D eigenvalue weighted by molar-refractivity contribution is -0.133. The first kappa shape index (κ1) is 18.1. The van der Waals surface area contributed by atoms with Gasteiger partial charge in [0.25, 0.3) is 5.56 Å². The van der Waals surface area contributed by atoms with Crippen LogP contribution in [0.1, 0.15) is 6.92 Å². The topological polar surface area (TPSA) is 67.7 Å². The van der Waals surface area contributed by atoms with Crippen LogP contribution in [0.2, 0.25) is 0 Å². The van der Waals surface area contributed by atoms with E-state index in [-0.39, 0.29) is 18.0 Å². The van der Waals surface area contributed by atoms with E-state index in [0.29, 0.717) is 25.4 Å². The van der Waals surface area contributed by atoms with Gasteiger partial charge in [-0.25, -0.2) is 4.98 Å². The van der Waals surface area contributed by atoms with E-state index in [9.17, 15) is 9.59 Å². The zero-order valence-electron chi connectivity index (χ0n) is 15.2. The fraction of sp³-hybridized carbons (Fsp3) is 0.421. The standard InChI is InChI=1S/C19H24N4O3/c1-3-26-16-6-4-15(5-7-16)17-12-18(24)23(14-20-17)13-19(25)22-10-8-21(2)9-11-22/h4-7,12,14H,3,8-11,13H2,1-2H3. The van der Waals surface area contributed by atoms with Gasteiger partial charge in [0, 0.05) is 37.8 Å². The lowest BCUT2D eigenvalue weighted by Crippen LogP contribution is -2.48. The monoisotopic (exact) mass is 356 g/mol. The Morgan fingerprint density at radius 3 is 2.46 bits per heavy atom. The van der Waals surface area contributed by atoms with Gasteiger partial charge in [0.2, 0.25) is 5.91 Å². The molecule has 0 N–H and O–H groups in total. The number of hydrogen-bond donors (Lipinski definition) is 0. The van der Waals surface area contributed by atoms with Gasteiger partial charge in [-0.15, -0.1) is 0 Å². The van der Waals surface area contributed by atoms with Crippen LogP contribution < -0.4 is 10.3 Å². The Hall–Kier alpha value is -2.67. The molecule has 0 saturated carbocycles. The fourth-order valence-corrected chi connectivity index (χ4v) is 2.89. The zero-order valence-corrected chi connectivity index (χ0v) is 15.2. The van der Waals surface area contributed by atoms with E-state index in [1.807, 2.05) is 38.2 Å². The molecule has 2 aromatic rings. The predicted molar refractivity (Wildman–Crippen MR) is 99.2 cm³/mol. The van der Waals surface area contributed by atoms with Crippen LogP contribution in [0.4, 0.5) is 0 Å². The molecule has 0 radical (unpaired) electrons. The second-order valence-electron chi connectivity index (χ2n) is 6.38. The molecule has 0 spiro atoms. The van der Waals surface area contributed by atoms with Crippen LogP contribution in [0.15, 0.2) is 41.5 Å². The van der Waals surface area contributed by atoms with Gasteiger partial charge in [-0.2, -0.15) is 0 Å². The van der Waals surface area contributed by atoms with Crippen LogP contribution >= 0.6 is 0 Å². The summed E-state index contributed by atoms with van der Waals surface area (Å²) in [5.41, 5.74) is 1.19. The Bertz CT molecular complexity index is 808. The van der Waals surface area contributed by atoms with Crippen molar-refractivity contribution in [1.29, 1.82) is 0 Å². The molecule has 1 aromatic heterocycles. The van der Waals surface area contributed by atoms with Gasteiger partial charge in [-0.3, -0.25) is 14.2 Å². The van der Waals surface area contributed by atoms with Crippen molar-refractivity contribution in [1.82, 2.24) is 19.4 Å². The normalized spacial score (nSPS) is 15.1. The molecule has 1 saturated heterocycles. The van der Waals surface area contributed by atoms with Crippen LogP contribution in [-0.2, 0) is 11.3 Å². The first-order chi connectivity index (χ1) is 12.6. The van der Waals surface area contributed by atoms with Crippen molar-refractivity contribution in [2.75, 3.05) is 39.8 Å². The minimum Gasteiger partial charge on any atom is -0.494 e. The largest absolute Gasteiger partial charge is 0.494 e. The van der Waals surface area contributed by atoms with E-state index in [2.05, 4.69) is 9.88 Å². The number of benzene rings is 1. The SMILES string of the molecule is CCOc1ccc(-c2cc(=O)n(CC(=O)N3CCN(C)CC3)cn2)cc1. The van der Waals surface area contributed by atoms with E-state index in [0.717, 1.165) is 24.4 Å². The molecule has 1 aliphatic rings. The minimum absolute atomic E-state index is 0.0269. The van der Waals surface area contributed by atoms with Crippen molar-refractivity contribution in [3.63, 3.8) is 0 Å². The van der Waals surface area contributed by atoms with E-state index < -0.39 is 0 Å². The Labute approximate surface area is 152 Å². The zero-order chi connectivity index (χ0) is 18.5. The van der Waals surface area contributed by atoms with Gasteiger partial charge in [0.1, 0.15) is 12.3 Å². The fourth-order valence-electron chi connectivity index (χ4n) is 2.89. The summed E-state index contributed by atoms with van der Waals surface area (Å²) >= 11 is 0. The highest BCUT2D eigenvalue weighted by molar-refractivity contribution is 5.76. The summed E-state index contributed by atoms with van der Waals surface area (Å²) in [6, 6.07) is 8.90. The van der Waals surface area contributed by atoms with Gasteiger partial charge >= 0.3 is 0 Å². The Morgan fingerprint density at radius 2 is 1.85 bits per heavy atom. The van der Waals surface area contributed by atoms with Crippen molar-refractivity contribution in [3.05, 3.63) is 47.0 Å². The smallest absolute Gasteiger partial charge is 0.254 e. The molecule has 1 amide bonds. The second-order valence-corrected chi connectivity index (χ2v) is 6.38. The molecule has 0 bridgehead atoms. The van der Waals surface area contributed by atoms with Crippen molar-refractivity contribution in [2.45, 2.75) is 13.5 Å². The first-order valence-electron chi connectivity index (χ1n) is 8.83. The quantitative estimate of drug-likeness (QED) is 0.802. The third-order valence-corrected chi connectivity index (χ3v) is 4.50. The average molecular weight is 356 g/mol. The average Bonchev–Trinajstić information content (AvgIpc) is 2.65. The second kappa shape index (κ2) is 8.14. The molecule has 1 aliphatic heterocycles. The molecule has 3 rings (SSSR count). The maximum absolute atomic E-state index is 12.4.